The predicted octanol–water partition coefficient (Wildman–Crippen LogP) is 4.27. The molecule has 3 aromatic rings. The summed E-state index contributed by atoms with van der Waals surface area (Å²) in [6.07, 6.45) is 1.53. The van der Waals surface area contributed by atoms with Crippen molar-refractivity contribution in [3.05, 3.63) is 77.1 Å². The molecule has 0 saturated heterocycles. The summed E-state index contributed by atoms with van der Waals surface area (Å²) >= 11 is 0. The molecule has 0 saturated carbocycles. The zero-order valence-electron chi connectivity index (χ0n) is 16.5. The lowest BCUT2D eigenvalue weighted by Crippen LogP contribution is -2.15. The van der Waals surface area contributed by atoms with Crippen molar-refractivity contribution in [2.75, 3.05) is 17.2 Å². The largest absolute Gasteiger partial charge is 0.462 e. The Morgan fingerprint density at radius 3 is 2.34 bits per heavy atom. The van der Waals surface area contributed by atoms with Crippen LogP contribution >= 0.6 is 0 Å². The molecule has 148 valence electrons. The smallest absolute Gasteiger partial charge is 0.338 e. The van der Waals surface area contributed by atoms with E-state index in [9.17, 15) is 9.59 Å². The number of carbonyl (C=O) groups is 2. The molecule has 2 N–H and O–H groups in total. The fourth-order valence-electron chi connectivity index (χ4n) is 2.77. The van der Waals surface area contributed by atoms with Crippen LogP contribution in [0.15, 0.2) is 54.7 Å². The molecule has 0 spiro atoms. The lowest BCUT2D eigenvalue weighted by atomic mass is 10.1. The van der Waals surface area contributed by atoms with E-state index in [0.29, 0.717) is 23.8 Å². The monoisotopic (exact) mass is 390 g/mol. The van der Waals surface area contributed by atoms with Crippen LogP contribution in [-0.2, 0) is 4.74 Å². The summed E-state index contributed by atoms with van der Waals surface area (Å²) in [4.78, 5) is 32.8. The van der Waals surface area contributed by atoms with E-state index in [1.54, 1.807) is 31.2 Å². The quantitative estimate of drug-likeness (QED) is 0.611. The average Bonchev–Trinajstić information content (AvgIpc) is 2.72. The molecule has 1 aromatic heterocycles. The van der Waals surface area contributed by atoms with Crippen LogP contribution in [-0.4, -0.2) is 28.5 Å². The zero-order valence-corrected chi connectivity index (χ0v) is 16.5. The summed E-state index contributed by atoms with van der Waals surface area (Å²) in [6, 6.07) is 14.0. The number of rotatable bonds is 6. The first-order chi connectivity index (χ1) is 14.0. The summed E-state index contributed by atoms with van der Waals surface area (Å²) in [6.45, 7) is 6.04. The number of carbonyl (C=O) groups excluding carboxylic acids is 2. The Kier molecular flexibility index (Phi) is 6.19. The molecule has 1 amide bonds. The fourth-order valence-corrected chi connectivity index (χ4v) is 2.77. The standard InChI is InChI=1S/C22H22N4O3/c1-4-29-21(28)16-8-10-17(11-9-16)24-20(27)18-12-13-23-22(25-18)26-19-14(2)6-5-7-15(19)3/h5-13H,4H2,1-3H3,(H,24,27)(H,23,25,26). The van der Waals surface area contributed by atoms with Gasteiger partial charge in [0.25, 0.3) is 5.91 Å². The van der Waals surface area contributed by atoms with Crippen LogP contribution in [0.3, 0.4) is 0 Å². The van der Waals surface area contributed by atoms with Gasteiger partial charge in [0.1, 0.15) is 5.69 Å². The van der Waals surface area contributed by atoms with Gasteiger partial charge < -0.3 is 15.4 Å². The van der Waals surface area contributed by atoms with Crippen molar-refractivity contribution in [2.24, 2.45) is 0 Å². The molecule has 3 rings (SSSR count). The predicted molar refractivity (Wildman–Crippen MR) is 112 cm³/mol. The number of anilines is 3. The third-order valence-corrected chi connectivity index (χ3v) is 4.26. The van der Waals surface area contributed by atoms with Crippen molar-refractivity contribution in [2.45, 2.75) is 20.8 Å². The number of hydrogen-bond acceptors (Lipinski definition) is 6. The summed E-state index contributed by atoms with van der Waals surface area (Å²) < 4.78 is 4.95. The third kappa shape index (κ3) is 4.95. The van der Waals surface area contributed by atoms with Crippen molar-refractivity contribution in [1.82, 2.24) is 9.97 Å². The Balaban J connectivity index is 1.72. The molecule has 0 bridgehead atoms. The molecule has 0 aliphatic carbocycles. The number of amides is 1. The van der Waals surface area contributed by atoms with Crippen molar-refractivity contribution < 1.29 is 14.3 Å². The number of hydrogen-bond donors (Lipinski definition) is 2. The van der Waals surface area contributed by atoms with Gasteiger partial charge in [-0.2, -0.15) is 0 Å². The maximum Gasteiger partial charge on any atom is 0.338 e. The highest BCUT2D eigenvalue weighted by atomic mass is 16.5. The van der Waals surface area contributed by atoms with E-state index in [-0.39, 0.29) is 11.6 Å². The average molecular weight is 390 g/mol. The molecule has 0 unspecified atom stereocenters. The molecule has 7 nitrogen and oxygen atoms in total. The van der Waals surface area contributed by atoms with Gasteiger partial charge in [-0.15, -0.1) is 0 Å². The Morgan fingerprint density at radius 1 is 1.00 bits per heavy atom. The van der Waals surface area contributed by atoms with Crippen LogP contribution in [0.2, 0.25) is 0 Å². The second-order valence-electron chi connectivity index (χ2n) is 6.41. The van der Waals surface area contributed by atoms with Gasteiger partial charge in [-0.05, 0) is 62.2 Å². The zero-order chi connectivity index (χ0) is 20.8. The molecule has 0 aliphatic heterocycles. The van der Waals surface area contributed by atoms with Crippen LogP contribution in [0.4, 0.5) is 17.3 Å². The highest BCUT2D eigenvalue weighted by Crippen LogP contribution is 2.22. The van der Waals surface area contributed by atoms with E-state index < -0.39 is 5.97 Å². The molecular formula is C22H22N4O3. The van der Waals surface area contributed by atoms with Crippen LogP contribution in [0.25, 0.3) is 0 Å². The van der Waals surface area contributed by atoms with Crippen molar-refractivity contribution in [3.63, 3.8) is 0 Å². The van der Waals surface area contributed by atoms with Gasteiger partial charge >= 0.3 is 5.97 Å². The van der Waals surface area contributed by atoms with Gasteiger partial charge in [-0.3, -0.25) is 4.79 Å². The minimum Gasteiger partial charge on any atom is -0.462 e. The number of esters is 1. The second kappa shape index (κ2) is 8.97. The molecular weight excluding hydrogens is 368 g/mol. The van der Waals surface area contributed by atoms with E-state index in [0.717, 1.165) is 16.8 Å². The number of aromatic nitrogens is 2. The summed E-state index contributed by atoms with van der Waals surface area (Å²) in [7, 11) is 0. The maximum absolute atomic E-state index is 12.6. The SMILES string of the molecule is CCOC(=O)c1ccc(NC(=O)c2ccnc(Nc3c(C)cccc3C)n2)cc1. The minimum absolute atomic E-state index is 0.225. The van der Waals surface area contributed by atoms with Gasteiger partial charge in [0.05, 0.1) is 12.2 Å². The maximum atomic E-state index is 12.6. The van der Waals surface area contributed by atoms with Crippen LogP contribution in [0.5, 0.6) is 0 Å². The van der Waals surface area contributed by atoms with Gasteiger partial charge in [-0.1, -0.05) is 18.2 Å². The number of ether oxygens (including phenoxy) is 1. The van der Waals surface area contributed by atoms with E-state index in [4.69, 9.17) is 4.74 Å². The lowest BCUT2D eigenvalue weighted by molar-refractivity contribution is 0.0526. The molecule has 0 atom stereocenters. The van der Waals surface area contributed by atoms with Crippen molar-refractivity contribution in [3.8, 4) is 0 Å². The molecule has 0 radical (unpaired) electrons. The molecule has 7 heteroatoms. The molecule has 1 heterocycles. The van der Waals surface area contributed by atoms with E-state index in [1.165, 1.54) is 12.3 Å². The van der Waals surface area contributed by atoms with Gasteiger partial charge in [-0.25, -0.2) is 14.8 Å². The molecule has 2 aromatic carbocycles. The van der Waals surface area contributed by atoms with E-state index in [1.807, 2.05) is 32.0 Å². The van der Waals surface area contributed by atoms with E-state index in [2.05, 4.69) is 20.6 Å². The number of para-hydroxylation sites is 1. The Labute approximate surface area is 169 Å². The summed E-state index contributed by atoms with van der Waals surface area (Å²) in [5.41, 5.74) is 4.23. The normalized spacial score (nSPS) is 10.3. The highest BCUT2D eigenvalue weighted by molar-refractivity contribution is 6.03. The van der Waals surface area contributed by atoms with Crippen LogP contribution < -0.4 is 10.6 Å². The first-order valence-electron chi connectivity index (χ1n) is 9.22. The number of nitrogens with one attached hydrogen (secondary N) is 2. The van der Waals surface area contributed by atoms with Gasteiger partial charge in [0, 0.05) is 17.6 Å². The first kappa shape index (κ1) is 20.0. The number of nitrogens with zero attached hydrogens (tertiary/aromatic N) is 2. The molecule has 0 fully saturated rings. The highest BCUT2D eigenvalue weighted by Gasteiger charge is 2.12. The van der Waals surface area contributed by atoms with Crippen molar-refractivity contribution >= 4 is 29.2 Å². The fraction of sp³-hybridized carbons (Fsp3) is 0.182. The summed E-state index contributed by atoms with van der Waals surface area (Å²) in [5.74, 6) is -0.433. The van der Waals surface area contributed by atoms with Crippen LogP contribution in [0, 0.1) is 13.8 Å². The van der Waals surface area contributed by atoms with E-state index >= 15 is 0 Å². The second-order valence-corrected chi connectivity index (χ2v) is 6.41. The lowest BCUT2D eigenvalue weighted by Gasteiger charge is -2.12. The molecule has 29 heavy (non-hydrogen) atoms. The van der Waals surface area contributed by atoms with Gasteiger partial charge in [0.2, 0.25) is 5.95 Å². The number of benzene rings is 2. The summed E-state index contributed by atoms with van der Waals surface area (Å²) in [5, 5.41) is 5.94. The third-order valence-electron chi connectivity index (χ3n) is 4.26. The first-order valence-corrected chi connectivity index (χ1v) is 9.22. The number of aryl methyl sites for hydroxylation is 2. The topological polar surface area (TPSA) is 93.2 Å². The van der Waals surface area contributed by atoms with Gasteiger partial charge in [0.15, 0.2) is 0 Å². The molecule has 0 aliphatic rings. The minimum atomic E-state index is -0.400. The van der Waals surface area contributed by atoms with Crippen LogP contribution in [0.1, 0.15) is 38.9 Å². The Morgan fingerprint density at radius 2 is 1.69 bits per heavy atom. The Hall–Kier alpha value is -3.74. The van der Waals surface area contributed by atoms with Crippen molar-refractivity contribution in [1.29, 1.82) is 0 Å². The Bertz CT molecular complexity index is 1010.